The van der Waals surface area contributed by atoms with Gasteiger partial charge < -0.3 is 0 Å². The molecule has 4 heteroatoms. The van der Waals surface area contributed by atoms with Gasteiger partial charge in [0.25, 0.3) is 0 Å². The van der Waals surface area contributed by atoms with Crippen LogP contribution in [0.2, 0.25) is 5.02 Å². The van der Waals surface area contributed by atoms with Crippen LogP contribution in [0.25, 0.3) is 11.3 Å². The summed E-state index contributed by atoms with van der Waals surface area (Å²) < 4.78 is 27.2. The van der Waals surface area contributed by atoms with Crippen LogP contribution < -0.4 is 0 Å². The number of unbranched alkanes of at least 4 members (excludes halogenated alkanes) is 1. The van der Waals surface area contributed by atoms with Crippen LogP contribution in [0.5, 0.6) is 0 Å². The number of aromatic nitrogens is 1. The Morgan fingerprint density at radius 3 is 2.41 bits per heavy atom. The van der Waals surface area contributed by atoms with Crippen LogP contribution in [0.15, 0.2) is 30.5 Å². The number of hydrogen-bond donors (Lipinski definition) is 0. The Morgan fingerprint density at radius 2 is 1.81 bits per heavy atom. The maximum atomic E-state index is 13.6. The Bertz CT molecular complexity index is 805. The van der Waals surface area contributed by atoms with Gasteiger partial charge in [0.15, 0.2) is 0 Å². The van der Waals surface area contributed by atoms with Crippen molar-refractivity contribution in [2.45, 2.75) is 51.9 Å². The third-order valence-corrected chi connectivity index (χ3v) is 5.64. The molecule has 0 saturated heterocycles. The van der Waals surface area contributed by atoms with Crippen molar-refractivity contribution in [3.05, 3.63) is 52.7 Å². The number of benzene rings is 1. The molecule has 0 amide bonds. The van der Waals surface area contributed by atoms with Gasteiger partial charge in [-0.05, 0) is 55.9 Å². The van der Waals surface area contributed by atoms with Gasteiger partial charge in [-0.15, -0.1) is 0 Å². The molecule has 1 aromatic carbocycles. The molecule has 0 bridgehead atoms. The lowest BCUT2D eigenvalue weighted by molar-refractivity contribution is 0.296. The van der Waals surface area contributed by atoms with E-state index in [9.17, 15) is 8.78 Å². The number of rotatable bonds is 4. The van der Waals surface area contributed by atoms with Gasteiger partial charge in [0, 0.05) is 23.2 Å². The predicted molar refractivity (Wildman–Crippen MR) is 106 cm³/mol. The molecule has 1 aliphatic carbocycles. The Balaban J connectivity index is 1.62. The molecule has 1 aliphatic rings. The van der Waals surface area contributed by atoms with E-state index in [1.807, 2.05) is 6.07 Å². The van der Waals surface area contributed by atoms with E-state index in [1.54, 1.807) is 12.3 Å². The lowest BCUT2D eigenvalue weighted by Crippen LogP contribution is -2.13. The zero-order valence-electron chi connectivity index (χ0n) is 15.6. The van der Waals surface area contributed by atoms with Gasteiger partial charge >= 0.3 is 0 Å². The third kappa shape index (κ3) is 5.30. The summed E-state index contributed by atoms with van der Waals surface area (Å²) in [6, 6.07) is 5.95. The first-order chi connectivity index (χ1) is 13.1. The minimum absolute atomic E-state index is 0.360. The SMILES string of the molecule is CCCCC1CCC(C#Cc2ccc(-c3cc(F)c(Cl)c(F)c3)nc2)CC1. The standard InChI is InChI=1S/C23H24ClF2N/c1-2-3-4-16-5-7-17(8-6-16)9-10-18-11-12-22(27-15-18)19-13-20(25)23(24)21(26)14-19/h11-17H,2-8H2,1H3. The molecule has 3 rings (SSSR count). The number of hydrogen-bond acceptors (Lipinski definition) is 1. The molecule has 1 heterocycles. The third-order valence-electron chi connectivity index (χ3n) is 5.28. The van der Waals surface area contributed by atoms with Crippen molar-refractivity contribution in [2.24, 2.45) is 11.8 Å². The fourth-order valence-corrected chi connectivity index (χ4v) is 3.72. The monoisotopic (exact) mass is 387 g/mol. The van der Waals surface area contributed by atoms with Gasteiger partial charge in [-0.3, -0.25) is 4.98 Å². The Morgan fingerprint density at radius 1 is 1.11 bits per heavy atom. The normalized spacial score (nSPS) is 19.4. The molecule has 0 N–H and O–H groups in total. The zero-order chi connectivity index (χ0) is 19.2. The van der Waals surface area contributed by atoms with Crippen LogP contribution in [0.3, 0.4) is 0 Å². The largest absolute Gasteiger partial charge is 0.255 e. The van der Waals surface area contributed by atoms with Crippen molar-refractivity contribution >= 4 is 11.6 Å². The smallest absolute Gasteiger partial charge is 0.145 e. The van der Waals surface area contributed by atoms with Crippen molar-refractivity contribution in [3.8, 4) is 23.1 Å². The second-order valence-electron chi connectivity index (χ2n) is 7.32. The van der Waals surface area contributed by atoms with E-state index < -0.39 is 16.7 Å². The molecular formula is C23H24ClF2N. The van der Waals surface area contributed by atoms with E-state index in [0.29, 0.717) is 17.2 Å². The van der Waals surface area contributed by atoms with Crippen molar-refractivity contribution < 1.29 is 8.78 Å². The highest BCUT2D eigenvalue weighted by molar-refractivity contribution is 6.30. The molecular weight excluding hydrogens is 364 g/mol. The molecule has 1 nitrogen and oxygen atoms in total. The summed E-state index contributed by atoms with van der Waals surface area (Å²) in [6.07, 6.45) is 10.5. The van der Waals surface area contributed by atoms with E-state index in [0.717, 1.165) is 11.5 Å². The van der Waals surface area contributed by atoms with Crippen LogP contribution >= 0.6 is 11.6 Å². The van der Waals surface area contributed by atoms with Gasteiger partial charge in [0.05, 0.1) is 5.69 Å². The van der Waals surface area contributed by atoms with E-state index in [2.05, 4.69) is 23.7 Å². The van der Waals surface area contributed by atoms with Crippen LogP contribution in [0.4, 0.5) is 8.78 Å². The number of pyridine rings is 1. The summed E-state index contributed by atoms with van der Waals surface area (Å²) in [7, 11) is 0. The summed E-state index contributed by atoms with van der Waals surface area (Å²) in [5, 5.41) is -0.495. The summed E-state index contributed by atoms with van der Waals surface area (Å²) in [4.78, 5) is 4.29. The van der Waals surface area contributed by atoms with E-state index in [1.165, 1.54) is 57.1 Å². The topological polar surface area (TPSA) is 12.9 Å². The first-order valence-electron chi connectivity index (χ1n) is 9.69. The summed E-state index contributed by atoms with van der Waals surface area (Å²) in [5.74, 6) is 6.34. The highest BCUT2D eigenvalue weighted by atomic mass is 35.5. The molecule has 1 aromatic heterocycles. The molecule has 0 radical (unpaired) electrons. The van der Waals surface area contributed by atoms with Crippen LogP contribution in [-0.2, 0) is 0 Å². The van der Waals surface area contributed by atoms with Crippen molar-refractivity contribution in [1.29, 1.82) is 0 Å². The molecule has 1 saturated carbocycles. The van der Waals surface area contributed by atoms with Crippen LogP contribution in [-0.4, -0.2) is 4.98 Å². The van der Waals surface area contributed by atoms with E-state index in [-0.39, 0.29) is 0 Å². The lowest BCUT2D eigenvalue weighted by Gasteiger charge is -2.25. The average Bonchev–Trinajstić information content (AvgIpc) is 2.69. The molecule has 0 spiro atoms. The predicted octanol–water partition coefficient (Wildman–Crippen LogP) is 7.03. The molecule has 2 aromatic rings. The number of halogens is 3. The first-order valence-corrected chi connectivity index (χ1v) is 10.1. The molecule has 0 unspecified atom stereocenters. The Labute approximate surface area is 165 Å². The van der Waals surface area contributed by atoms with Crippen molar-refractivity contribution in [2.75, 3.05) is 0 Å². The van der Waals surface area contributed by atoms with Gasteiger partial charge in [-0.1, -0.05) is 49.6 Å². The Kier molecular flexibility index (Phi) is 6.85. The second-order valence-corrected chi connectivity index (χ2v) is 7.69. The summed E-state index contributed by atoms with van der Waals surface area (Å²) >= 11 is 5.52. The minimum Gasteiger partial charge on any atom is -0.255 e. The molecule has 0 atom stereocenters. The molecule has 0 aliphatic heterocycles. The highest BCUT2D eigenvalue weighted by Crippen LogP contribution is 2.31. The maximum absolute atomic E-state index is 13.6. The molecule has 27 heavy (non-hydrogen) atoms. The van der Waals surface area contributed by atoms with Crippen molar-refractivity contribution in [3.63, 3.8) is 0 Å². The summed E-state index contributed by atoms with van der Waals surface area (Å²) in [6.45, 7) is 2.25. The molecule has 142 valence electrons. The van der Waals surface area contributed by atoms with E-state index >= 15 is 0 Å². The van der Waals surface area contributed by atoms with Gasteiger partial charge in [-0.2, -0.15) is 0 Å². The quantitative estimate of drug-likeness (QED) is 0.405. The zero-order valence-corrected chi connectivity index (χ0v) is 16.3. The average molecular weight is 388 g/mol. The maximum Gasteiger partial charge on any atom is 0.145 e. The van der Waals surface area contributed by atoms with E-state index in [4.69, 9.17) is 11.6 Å². The van der Waals surface area contributed by atoms with Gasteiger partial charge in [0.1, 0.15) is 16.7 Å². The lowest BCUT2D eigenvalue weighted by atomic mass is 9.80. The van der Waals surface area contributed by atoms with Crippen LogP contribution in [0, 0.1) is 35.3 Å². The Hall–Kier alpha value is -1.92. The highest BCUT2D eigenvalue weighted by Gasteiger charge is 2.19. The fraction of sp³-hybridized carbons (Fsp3) is 0.435. The second kappa shape index (κ2) is 9.33. The minimum atomic E-state index is -0.785. The van der Waals surface area contributed by atoms with Crippen LogP contribution in [0.1, 0.15) is 57.4 Å². The number of nitrogens with zero attached hydrogens (tertiary/aromatic N) is 1. The molecule has 1 fully saturated rings. The fourth-order valence-electron chi connectivity index (χ4n) is 3.62. The first kappa shape index (κ1) is 19.8. The summed E-state index contributed by atoms with van der Waals surface area (Å²) in [5.41, 5.74) is 1.67. The van der Waals surface area contributed by atoms with Crippen molar-refractivity contribution in [1.82, 2.24) is 4.98 Å². The van der Waals surface area contributed by atoms with Gasteiger partial charge in [-0.25, -0.2) is 8.78 Å². The van der Waals surface area contributed by atoms with Gasteiger partial charge in [0.2, 0.25) is 0 Å².